The van der Waals surface area contributed by atoms with Crippen molar-refractivity contribution < 1.29 is 4.39 Å². The number of piperazine rings is 1. The molecule has 4 rings (SSSR count). The van der Waals surface area contributed by atoms with Gasteiger partial charge in [-0.25, -0.2) is 9.37 Å². The van der Waals surface area contributed by atoms with E-state index in [0.717, 1.165) is 43.4 Å². The highest BCUT2D eigenvalue weighted by molar-refractivity contribution is 5.56. The zero-order chi connectivity index (χ0) is 18.6. The Kier molecular flexibility index (Phi) is 4.87. The molecular formula is C21H22FN5. The van der Waals surface area contributed by atoms with Gasteiger partial charge in [0.2, 0.25) is 5.95 Å². The number of rotatable bonds is 4. The molecule has 138 valence electrons. The molecule has 6 heteroatoms. The Hall–Kier alpha value is -3.15. The van der Waals surface area contributed by atoms with Crippen molar-refractivity contribution >= 4 is 23.1 Å². The van der Waals surface area contributed by atoms with E-state index in [4.69, 9.17) is 0 Å². The van der Waals surface area contributed by atoms with E-state index < -0.39 is 0 Å². The van der Waals surface area contributed by atoms with Crippen LogP contribution in [0.25, 0.3) is 0 Å². The molecule has 1 fully saturated rings. The van der Waals surface area contributed by atoms with Crippen molar-refractivity contribution in [3.8, 4) is 0 Å². The second kappa shape index (κ2) is 7.61. The lowest BCUT2D eigenvalue weighted by molar-refractivity contribution is 0.624. The fourth-order valence-corrected chi connectivity index (χ4v) is 3.28. The van der Waals surface area contributed by atoms with Crippen LogP contribution in [0.3, 0.4) is 0 Å². The first-order chi connectivity index (χ1) is 13.2. The fraction of sp³-hybridized carbons (Fsp3) is 0.238. The summed E-state index contributed by atoms with van der Waals surface area (Å²) in [6.07, 6.45) is 1.78. The summed E-state index contributed by atoms with van der Waals surface area (Å²) in [7, 11) is 0. The van der Waals surface area contributed by atoms with E-state index >= 15 is 0 Å². The molecule has 0 atom stereocenters. The lowest BCUT2D eigenvalue weighted by atomic mass is 10.2. The molecule has 1 aliphatic heterocycles. The molecule has 27 heavy (non-hydrogen) atoms. The van der Waals surface area contributed by atoms with E-state index in [1.165, 1.54) is 17.7 Å². The van der Waals surface area contributed by atoms with Crippen molar-refractivity contribution in [1.82, 2.24) is 9.97 Å². The molecule has 0 unspecified atom stereocenters. The summed E-state index contributed by atoms with van der Waals surface area (Å²) >= 11 is 0. The number of halogens is 1. The van der Waals surface area contributed by atoms with Crippen LogP contribution in [0.4, 0.5) is 27.5 Å². The second-order valence-electron chi connectivity index (χ2n) is 6.68. The number of nitrogens with zero attached hydrogens (tertiary/aromatic N) is 4. The Morgan fingerprint density at radius 1 is 0.926 bits per heavy atom. The standard InChI is InChI=1S/C21H22FN5/c1-16-3-2-4-18(15-16)24-21-23-10-9-20(25-21)27-13-11-26(12-14-27)19-7-5-17(22)6-8-19/h2-10,15H,11-14H2,1H3,(H,23,24,25). The van der Waals surface area contributed by atoms with E-state index in [-0.39, 0.29) is 5.82 Å². The minimum atomic E-state index is -0.202. The SMILES string of the molecule is Cc1cccc(Nc2nccc(N3CCN(c4ccc(F)cc4)CC3)n2)c1. The molecule has 3 aromatic rings. The minimum absolute atomic E-state index is 0.202. The van der Waals surface area contributed by atoms with Gasteiger partial charge in [0, 0.05) is 43.8 Å². The number of hydrogen-bond acceptors (Lipinski definition) is 5. The molecule has 1 saturated heterocycles. The van der Waals surface area contributed by atoms with Gasteiger partial charge in [0.05, 0.1) is 0 Å². The number of nitrogens with one attached hydrogen (secondary N) is 1. The van der Waals surface area contributed by atoms with Crippen LogP contribution < -0.4 is 15.1 Å². The number of aryl methyl sites for hydroxylation is 1. The molecule has 2 aromatic carbocycles. The van der Waals surface area contributed by atoms with Gasteiger partial charge >= 0.3 is 0 Å². The summed E-state index contributed by atoms with van der Waals surface area (Å²) in [6.45, 7) is 5.52. The maximum absolute atomic E-state index is 13.1. The smallest absolute Gasteiger partial charge is 0.229 e. The Balaban J connectivity index is 1.42. The first kappa shape index (κ1) is 17.3. The predicted molar refractivity (Wildman–Crippen MR) is 107 cm³/mol. The van der Waals surface area contributed by atoms with Crippen molar-refractivity contribution in [3.63, 3.8) is 0 Å². The number of aromatic nitrogens is 2. The zero-order valence-corrected chi connectivity index (χ0v) is 15.3. The van der Waals surface area contributed by atoms with Crippen molar-refractivity contribution in [2.75, 3.05) is 41.3 Å². The van der Waals surface area contributed by atoms with Gasteiger partial charge in [0.1, 0.15) is 11.6 Å². The fourth-order valence-electron chi connectivity index (χ4n) is 3.28. The zero-order valence-electron chi connectivity index (χ0n) is 15.3. The van der Waals surface area contributed by atoms with Gasteiger partial charge in [-0.2, -0.15) is 4.98 Å². The third-order valence-corrected chi connectivity index (χ3v) is 4.71. The van der Waals surface area contributed by atoms with Gasteiger partial charge in [-0.15, -0.1) is 0 Å². The topological polar surface area (TPSA) is 44.3 Å². The van der Waals surface area contributed by atoms with Crippen molar-refractivity contribution in [2.45, 2.75) is 6.92 Å². The summed E-state index contributed by atoms with van der Waals surface area (Å²) in [5.74, 6) is 1.31. The number of benzene rings is 2. The summed E-state index contributed by atoms with van der Waals surface area (Å²) in [6, 6.07) is 16.8. The molecule has 0 radical (unpaired) electrons. The lowest BCUT2D eigenvalue weighted by Crippen LogP contribution is -2.46. The van der Waals surface area contributed by atoms with Crippen LogP contribution in [0.1, 0.15) is 5.56 Å². The van der Waals surface area contributed by atoms with Crippen molar-refractivity contribution in [3.05, 3.63) is 72.2 Å². The van der Waals surface area contributed by atoms with Crippen LogP contribution in [0, 0.1) is 12.7 Å². The van der Waals surface area contributed by atoms with Gasteiger partial charge < -0.3 is 15.1 Å². The quantitative estimate of drug-likeness (QED) is 0.759. The second-order valence-corrected chi connectivity index (χ2v) is 6.68. The molecule has 1 aliphatic rings. The monoisotopic (exact) mass is 363 g/mol. The van der Waals surface area contributed by atoms with Crippen LogP contribution in [0.2, 0.25) is 0 Å². The van der Waals surface area contributed by atoms with E-state index in [1.54, 1.807) is 6.20 Å². The molecule has 0 bridgehead atoms. The molecule has 2 heterocycles. The van der Waals surface area contributed by atoms with E-state index in [9.17, 15) is 4.39 Å². The van der Waals surface area contributed by atoms with E-state index in [2.05, 4.69) is 44.1 Å². The normalized spacial score (nSPS) is 14.3. The summed E-state index contributed by atoms with van der Waals surface area (Å²) in [5.41, 5.74) is 3.22. The molecule has 0 amide bonds. The van der Waals surface area contributed by atoms with Crippen LogP contribution in [-0.4, -0.2) is 36.1 Å². The molecule has 0 saturated carbocycles. The Labute approximate surface area is 158 Å². The Bertz CT molecular complexity index is 904. The maximum atomic E-state index is 13.1. The molecule has 0 aliphatic carbocycles. The van der Waals surface area contributed by atoms with Gasteiger partial charge in [-0.1, -0.05) is 12.1 Å². The highest BCUT2D eigenvalue weighted by atomic mass is 19.1. The predicted octanol–water partition coefficient (Wildman–Crippen LogP) is 3.99. The molecule has 1 aromatic heterocycles. The first-order valence-electron chi connectivity index (χ1n) is 9.09. The summed E-state index contributed by atoms with van der Waals surface area (Å²) in [5, 5.41) is 3.27. The van der Waals surface area contributed by atoms with Crippen molar-refractivity contribution in [2.24, 2.45) is 0 Å². The summed E-state index contributed by atoms with van der Waals surface area (Å²) in [4.78, 5) is 13.5. The Morgan fingerprint density at radius 2 is 1.67 bits per heavy atom. The third kappa shape index (κ3) is 4.16. The highest BCUT2D eigenvalue weighted by Gasteiger charge is 2.18. The number of anilines is 4. The van der Waals surface area contributed by atoms with Crippen LogP contribution in [0.15, 0.2) is 60.8 Å². The van der Waals surface area contributed by atoms with Gasteiger partial charge in [0.15, 0.2) is 0 Å². The van der Waals surface area contributed by atoms with Gasteiger partial charge in [0.25, 0.3) is 0 Å². The third-order valence-electron chi connectivity index (χ3n) is 4.71. The highest BCUT2D eigenvalue weighted by Crippen LogP contribution is 2.21. The van der Waals surface area contributed by atoms with Crippen LogP contribution in [0.5, 0.6) is 0 Å². The Morgan fingerprint density at radius 3 is 2.41 bits per heavy atom. The first-order valence-corrected chi connectivity index (χ1v) is 9.09. The molecule has 5 nitrogen and oxygen atoms in total. The molecule has 0 spiro atoms. The van der Waals surface area contributed by atoms with E-state index in [1.807, 2.05) is 30.3 Å². The average molecular weight is 363 g/mol. The lowest BCUT2D eigenvalue weighted by Gasteiger charge is -2.36. The molecular weight excluding hydrogens is 341 g/mol. The largest absolute Gasteiger partial charge is 0.368 e. The molecule has 1 N–H and O–H groups in total. The van der Waals surface area contributed by atoms with Crippen molar-refractivity contribution in [1.29, 1.82) is 0 Å². The maximum Gasteiger partial charge on any atom is 0.229 e. The van der Waals surface area contributed by atoms with Crippen LogP contribution in [-0.2, 0) is 0 Å². The average Bonchev–Trinajstić information content (AvgIpc) is 2.69. The van der Waals surface area contributed by atoms with Crippen LogP contribution >= 0.6 is 0 Å². The van der Waals surface area contributed by atoms with E-state index in [0.29, 0.717) is 5.95 Å². The summed E-state index contributed by atoms with van der Waals surface area (Å²) < 4.78 is 13.1. The van der Waals surface area contributed by atoms with Gasteiger partial charge in [-0.3, -0.25) is 0 Å². The number of hydrogen-bond donors (Lipinski definition) is 1. The van der Waals surface area contributed by atoms with Gasteiger partial charge in [-0.05, 0) is 55.0 Å². The minimum Gasteiger partial charge on any atom is -0.368 e.